The molecule has 1 N–H and O–H groups in total. The van der Waals surface area contributed by atoms with Gasteiger partial charge in [0.2, 0.25) is 0 Å². The normalized spacial score (nSPS) is 27.5. The van der Waals surface area contributed by atoms with Gasteiger partial charge in [-0.1, -0.05) is 13.8 Å². The summed E-state index contributed by atoms with van der Waals surface area (Å²) < 4.78 is 4.80. The molecule has 0 aliphatic carbocycles. The van der Waals surface area contributed by atoms with Gasteiger partial charge in [0.25, 0.3) is 0 Å². The number of carbonyl (C=O) groups is 1. The first-order valence-corrected chi connectivity index (χ1v) is 5.15. The molecular formula is C10H20N2O2. The Morgan fingerprint density at radius 1 is 1.43 bits per heavy atom. The molecule has 1 aliphatic rings. The van der Waals surface area contributed by atoms with Gasteiger partial charge in [-0.3, -0.25) is 0 Å². The molecule has 2 atom stereocenters. The number of carbonyl (C=O) groups excluding carboxylic acids is 1. The zero-order valence-electron chi connectivity index (χ0n) is 9.25. The number of hydrogen-bond acceptors (Lipinski definition) is 2. The molecule has 2 unspecified atom stereocenters. The second kappa shape index (κ2) is 5.20. The number of hydrogen-bond donors (Lipinski definition) is 1. The van der Waals surface area contributed by atoms with E-state index < -0.39 is 0 Å². The van der Waals surface area contributed by atoms with E-state index in [1.54, 1.807) is 7.11 Å². The average molecular weight is 200 g/mol. The molecule has 1 rings (SSSR count). The summed E-state index contributed by atoms with van der Waals surface area (Å²) in [5, 5.41) is 2.71. The van der Waals surface area contributed by atoms with E-state index in [-0.39, 0.29) is 12.8 Å². The summed E-state index contributed by atoms with van der Waals surface area (Å²) in [7, 11) is 1.57. The van der Waals surface area contributed by atoms with E-state index in [0.29, 0.717) is 11.8 Å². The maximum Gasteiger partial charge on any atom is 0.319 e. The summed E-state index contributed by atoms with van der Waals surface area (Å²) in [6.07, 6.45) is 1.22. The van der Waals surface area contributed by atoms with Crippen molar-refractivity contribution >= 4 is 6.03 Å². The third-order valence-electron chi connectivity index (χ3n) is 2.52. The predicted molar refractivity (Wildman–Crippen MR) is 54.9 cm³/mol. The number of nitrogens with one attached hydrogen (secondary N) is 1. The minimum absolute atomic E-state index is 0.00903. The summed E-state index contributed by atoms with van der Waals surface area (Å²) in [4.78, 5) is 13.5. The quantitative estimate of drug-likeness (QED) is 0.682. The van der Waals surface area contributed by atoms with Gasteiger partial charge < -0.3 is 15.0 Å². The Kier molecular flexibility index (Phi) is 4.20. The van der Waals surface area contributed by atoms with Crippen molar-refractivity contribution in [1.82, 2.24) is 10.2 Å². The number of nitrogens with zero attached hydrogens (tertiary/aromatic N) is 1. The number of urea groups is 1. The lowest BCUT2D eigenvalue weighted by Crippen LogP contribution is -2.47. The molecule has 82 valence electrons. The Morgan fingerprint density at radius 2 is 2.00 bits per heavy atom. The maximum absolute atomic E-state index is 11.6. The van der Waals surface area contributed by atoms with Crippen molar-refractivity contribution in [3.05, 3.63) is 0 Å². The van der Waals surface area contributed by atoms with Crippen LogP contribution in [0.25, 0.3) is 0 Å². The van der Waals surface area contributed by atoms with Crippen LogP contribution in [0.2, 0.25) is 0 Å². The Hall–Kier alpha value is -0.770. The average Bonchev–Trinajstić information content (AvgIpc) is 2.12. The van der Waals surface area contributed by atoms with Crippen LogP contribution in [-0.2, 0) is 4.74 Å². The van der Waals surface area contributed by atoms with Gasteiger partial charge in [0.05, 0.1) is 0 Å². The Morgan fingerprint density at radius 3 is 2.50 bits per heavy atom. The monoisotopic (exact) mass is 200 g/mol. The van der Waals surface area contributed by atoms with Crippen molar-refractivity contribution in [2.45, 2.75) is 20.3 Å². The number of piperidine rings is 1. The lowest BCUT2D eigenvalue weighted by atomic mass is 9.92. The van der Waals surface area contributed by atoms with Crippen molar-refractivity contribution < 1.29 is 9.53 Å². The molecular weight excluding hydrogens is 180 g/mol. The van der Waals surface area contributed by atoms with Crippen molar-refractivity contribution in [1.29, 1.82) is 0 Å². The highest BCUT2D eigenvalue weighted by molar-refractivity contribution is 5.74. The fraction of sp³-hybridized carbons (Fsp3) is 0.900. The van der Waals surface area contributed by atoms with Crippen LogP contribution in [0.3, 0.4) is 0 Å². The molecule has 0 saturated carbocycles. The molecule has 0 aromatic carbocycles. The van der Waals surface area contributed by atoms with Crippen LogP contribution >= 0.6 is 0 Å². The molecule has 0 radical (unpaired) electrons. The van der Waals surface area contributed by atoms with Gasteiger partial charge in [0.1, 0.15) is 6.73 Å². The highest BCUT2D eigenvalue weighted by Gasteiger charge is 2.24. The van der Waals surface area contributed by atoms with E-state index in [9.17, 15) is 4.79 Å². The molecule has 0 spiro atoms. The van der Waals surface area contributed by atoms with E-state index in [0.717, 1.165) is 13.1 Å². The minimum atomic E-state index is -0.00903. The second-order valence-electron chi connectivity index (χ2n) is 4.27. The third kappa shape index (κ3) is 3.18. The van der Waals surface area contributed by atoms with Gasteiger partial charge >= 0.3 is 6.03 Å². The largest absolute Gasteiger partial charge is 0.364 e. The Bertz CT molecular complexity index is 187. The third-order valence-corrected chi connectivity index (χ3v) is 2.52. The first-order valence-electron chi connectivity index (χ1n) is 5.15. The summed E-state index contributed by atoms with van der Waals surface area (Å²) in [6, 6.07) is -0.00903. The van der Waals surface area contributed by atoms with E-state index in [1.807, 2.05) is 4.90 Å². The lowest BCUT2D eigenvalue weighted by molar-refractivity contribution is 0.126. The van der Waals surface area contributed by atoms with Crippen LogP contribution in [0.4, 0.5) is 4.79 Å². The Labute approximate surface area is 85.6 Å². The van der Waals surface area contributed by atoms with Crippen molar-refractivity contribution in [3.8, 4) is 0 Å². The Balaban J connectivity index is 2.38. The molecule has 1 aliphatic heterocycles. The fourth-order valence-electron chi connectivity index (χ4n) is 2.07. The van der Waals surface area contributed by atoms with Gasteiger partial charge in [-0.25, -0.2) is 4.79 Å². The highest BCUT2D eigenvalue weighted by atomic mass is 16.5. The van der Waals surface area contributed by atoms with Crippen LogP contribution in [-0.4, -0.2) is 37.9 Å². The summed E-state index contributed by atoms with van der Waals surface area (Å²) >= 11 is 0. The summed E-state index contributed by atoms with van der Waals surface area (Å²) in [5.41, 5.74) is 0. The van der Waals surface area contributed by atoms with Crippen LogP contribution in [0.1, 0.15) is 20.3 Å². The molecule has 4 nitrogen and oxygen atoms in total. The molecule has 4 heteroatoms. The number of rotatable bonds is 2. The number of amides is 2. The molecule has 1 heterocycles. The highest BCUT2D eigenvalue weighted by Crippen LogP contribution is 2.20. The number of methoxy groups -OCH3 is 1. The smallest absolute Gasteiger partial charge is 0.319 e. The number of ether oxygens (including phenoxy) is 1. The van der Waals surface area contributed by atoms with E-state index >= 15 is 0 Å². The van der Waals surface area contributed by atoms with Crippen LogP contribution < -0.4 is 5.32 Å². The van der Waals surface area contributed by atoms with Crippen LogP contribution in [0.15, 0.2) is 0 Å². The predicted octanol–water partition coefficient (Wildman–Crippen LogP) is 1.28. The van der Waals surface area contributed by atoms with E-state index in [4.69, 9.17) is 4.74 Å². The zero-order valence-corrected chi connectivity index (χ0v) is 9.25. The van der Waals surface area contributed by atoms with Gasteiger partial charge in [-0.05, 0) is 18.3 Å². The van der Waals surface area contributed by atoms with Crippen molar-refractivity contribution in [3.63, 3.8) is 0 Å². The summed E-state index contributed by atoms with van der Waals surface area (Å²) in [5.74, 6) is 1.21. The SMILES string of the molecule is COCNC(=O)N1CC(C)CC(C)C1. The molecule has 0 aromatic rings. The van der Waals surface area contributed by atoms with E-state index in [2.05, 4.69) is 19.2 Å². The molecule has 1 saturated heterocycles. The van der Waals surface area contributed by atoms with Gasteiger partial charge in [-0.15, -0.1) is 0 Å². The van der Waals surface area contributed by atoms with Gasteiger partial charge in [0, 0.05) is 20.2 Å². The fourth-order valence-corrected chi connectivity index (χ4v) is 2.07. The zero-order chi connectivity index (χ0) is 10.6. The minimum Gasteiger partial charge on any atom is -0.364 e. The molecule has 1 fully saturated rings. The van der Waals surface area contributed by atoms with Crippen molar-refractivity contribution in [2.75, 3.05) is 26.9 Å². The van der Waals surface area contributed by atoms with Gasteiger partial charge in [0.15, 0.2) is 0 Å². The second-order valence-corrected chi connectivity index (χ2v) is 4.27. The molecule has 2 amide bonds. The topological polar surface area (TPSA) is 41.6 Å². The maximum atomic E-state index is 11.6. The first kappa shape index (κ1) is 11.3. The lowest BCUT2D eigenvalue weighted by Gasteiger charge is -2.34. The molecule has 0 aromatic heterocycles. The standard InChI is InChI=1S/C10H20N2O2/c1-8-4-9(2)6-12(5-8)10(13)11-7-14-3/h8-9H,4-7H2,1-3H3,(H,11,13). The molecule has 14 heavy (non-hydrogen) atoms. The van der Waals surface area contributed by atoms with Crippen LogP contribution in [0, 0.1) is 11.8 Å². The molecule has 0 bridgehead atoms. The number of likely N-dealkylation sites (tertiary alicyclic amines) is 1. The first-order chi connectivity index (χ1) is 6.63. The van der Waals surface area contributed by atoms with Crippen LogP contribution in [0.5, 0.6) is 0 Å². The summed E-state index contributed by atoms with van der Waals surface area (Å²) in [6.45, 7) is 6.39. The van der Waals surface area contributed by atoms with Gasteiger partial charge in [-0.2, -0.15) is 0 Å². The van der Waals surface area contributed by atoms with Crippen molar-refractivity contribution in [2.24, 2.45) is 11.8 Å². The van der Waals surface area contributed by atoms with E-state index in [1.165, 1.54) is 6.42 Å².